The highest BCUT2D eigenvalue weighted by Crippen LogP contribution is 2.39. The minimum atomic E-state index is -0.477. The molecule has 0 spiro atoms. The molecule has 0 bridgehead atoms. The second-order valence-electron chi connectivity index (χ2n) is 8.36. The maximum Gasteiger partial charge on any atom is 0.410 e. The van der Waals surface area contributed by atoms with E-state index in [1.165, 1.54) is 0 Å². The standard InChI is InChI=1S/C21H30N2O3S/c1-21(2,3)26-20(25)23-11-9-22(10-12-23)14-17-18(27-4)13-15-7-5-6-8-16(15)19(17)24/h5-6,8,14-15,18H,7,9-13H2,1-4H3. The Hall–Kier alpha value is -1.69. The third-order valence-electron chi connectivity index (χ3n) is 5.21. The van der Waals surface area contributed by atoms with Crippen molar-refractivity contribution in [3.8, 4) is 0 Å². The average Bonchev–Trinajstić information content (AvgIpc) is 2.63. The molecule has 5 nitrogen and oxygen atoms in total. The van der Waals surface area contributed by atoms with E-state index in [0.29, 0.717) is 19.0 Å². The van der Waals surface area contributed by atoms with Gasteiger partial charge in [-0.3, -0.25) is 4.79 Å². The summed E-state index contributed by atoms with van der Waals surface area (Å²) in [6.45, 7) is 8.32. The lowest BCUT2D eigenvalue weighted by Crippen LogP contribution is -2.48. The zero-order valence-electron chi connectivity index (χ0n) is 16.7. The number of piperazine rings is 1. The molecule has 1 heterocycles. The van der Waals surface area contributed by atoms with Crippen molar-refractivity contribution in [2.75, 3.05) is 32.4 Å². The van der Waals surface area contributed by atoms with Crippen molar-refractivity contribution in [3.05, 3.63) is 35.6 Å². The van der Waals surface area contributed by atoms with Crippen LogP contribution in [0.25, 0.3) is 0 Å². The summed E-state index contributed by atoms with van der Waals surface area (Å²) in [5, 5.41) is 0.245. The molecule has 0 aromatic carbocycles. The number of hydrogen-bond donors (Lipinski definition) is 0. The third-order valence-corrected chi connectivity index (χ3v) is 6.23. The fraction of sp³-hybridized carbons (Fsp3) is 0.619. The molecule has 2 unspecified atom stereocenters. The van der Waals surface area contributed by atoms with Gasteiger partial charge in [0, 0.05) is 48.8 Å². The Morgan fingerprint density at radius 3 is 2.59 bits per heavy atom. The summed E-state index contributed by atoms with van der Waals surface area (Å²) in [4.78, 5) is 29.2. The Labute approximate surface area is 166 Å². The molecule has 27 heavy (non-hydrogen) atoms. The van der Waals surface area contributed by atoms with Gasteiger partial charge in [0.1, 0.15) is 5.60 Å². The predicted molar refractivity (Wildman–Crippen MR) is 110 cm³/mol. The molecule has 3 aliphatic rings. The Bertz CT molecular complexity index is 682. The monoisotopic (exact) mass is 390 g/mol. The Balaban J connectivity index is 1.66. The minimum absolute atomic E-state index is 0.199. The highest BCUT2D eigenvalue weighted by Gasteiger charge is 2.36. The number of ketones is 1. The normalized spacial score (nSPS) is 27.5. The quantitative estimate of drug-likeness (QED) is 0.674. The molecule has 1 saturated heterocycles. The molecule has 1 aliphatic heterocycles. The molecule has 1 saturated carbocycles. The molecule has 0 aromatic rings. The zero-order chi connectivity index (χ0) is 19.6. The maximum absolute atomic E-state index is 13.0. The van der Waals surface area contributed by atoms with Crippen LogP contribution in [0, 0.1) is 5.92 Å². The summed E-state index contributed by atoms with van der Waals surface area (Å²) in [6.07, 6.45) is 12.0. The lowest BCUT2D eigenvalue weighted by atomic mass is 9.76. The Morgan fingerprint density at radius 2 is 1.96 bits per heavy atom. The van der Waals surface area contributed by atoms with Crippen molar-refractivity contribution in [1.29, 1.82) is 0 Å². The molecule has 148 valence electrons. The van der Waals surface area contributed by atoms with E-state index in [4.69, 9.17) is 4.74 Å². The van der Waals surface area contributed by atoms with Crippen LogP contribution in [0.15, 0.2) is 35.6 Å². The summed E-state index contributed by atoms with van der Waals surface area (Å²) in [5.74, 6) is 0.561. The van der Waals surface area contributed by atoms with Crippen LogP contribution >= 0.6 is 11.8 Å². The van der Waals surface area contributed by atoms with Crippen molar-refractivity contribution < 1.29 is 14.3 Å². The first-order chi connectivity index (χ1) is 12.8. The number of allylic oxidation sites excluding steroid dienone is 4. The second kappa shape index (κ2) is 8.13. The van der Waals surface area contributed by atoms with Gasteiger partial charge in [-0.15, -0.1) is 0 Å². The van der Waals surface area contributed by atoms with E-state index in [0.717, 1.165) is 37.1 Å². The number of thioether (sulfide) groups is 1. The van der Waals surface area contributed by atoms with Gasteiger partial charge in [-0.05, 0) is 45.8 Å². The largest absolute Gasteiger partial charge is 0.444 e. The van der Waals surface area contributed by atoms with E-state index in [1.807, 2.05) is 39.1 Å². The topological polar surface area (TPSA) is 49.9 Å². The maximum atomic E-state index is 13.0. The van der Waals surface area contributed by atoms with Crippen LogP contribution in [-0.4, -0.2) is 65.0 Å². The highest BCUT2D eigenvalue weighted by atomic mass is 32.2. The van der Waals surface area contributed by atoms with Gasteiger partial charge in [-0.1, -0.05) is 18.2 Å². The third kappa shape index (κ3) is 4.78. The van der Waals surface area contributed by atoms with Gasteiger partial charge in [0.15, 0.2) is 5.78 Å². The smallest absolute Gasteiger partial charge is 0.410 e. The van der Waals surface area contributed by atoms with Crippen LogP contribution in [-0.2, 0) is 9.53 Å². The highest BCUT2D eigenvalue weighted by molar-refractivity contribution is 7.99. The molecule has 0 aromatic heterocycles. The number of ether oxygens (including phenoxy) is 1. The SMILES string of the molecule is CSC1CC2CC=CC=C2C(=O)C1=CN1CCN(C(=O)OC(C)(C)C)CC1. The number of carbonyl (C=O) groups excluding carboxylic acids is 2. The van der Waals surface area contributed by atoms with Gasteiger partial charge in [0.05, 0.1) is 0 Å². The molecular formula is C21H30N2O3S. The summed E-state index contributed by atoms with van der Waals surface area (Å²) in [7, 11) is 0. The van der Waals surface area contributed by atoms with Gasteiger partial charge in [0.2, 0.25) is 0 Å². The van der Waals surface area contributed by atoms with E-state index in [2.05, 4.69) is 17.2 Å². The molecule has 1 amide bonds. The predicted octanol–water partition coefficient (Wildman–Crippen LogP) is 3.63. The van der Waals surface area contributed by atoms with E-state index in [9.17, 15) is 9.59 Å². The number of rotatable bonds is 2. The van der Waals surface area contributed by atoms with E-state index in [1.54, 1.807) is 16.7 Å². The Kier molecular flexibility index (Phi) is 6.04. The van der Waals surface area contributed by atoms with Gasteiger partial charge in [-0.2, -0.15) is 11.8 Å². The van der Waals surface area contributed by atoms with Crippen molar-refractivity contribution in [1.82, 2.24) is 9.80 Å². The summed E-state index contributed by atoms with van der Waals surface area (Å²) in [5.41, 5.74) is 1.39. The van der Waals surface area contributed by atoms with Gasteiger partial charge in [-0.25, -0.2) is 4.79 Å². The van der Waals surface area contributed by atoms with E-state index >= 15 is 0 Å². The molecule has 0 radical (unpaired) electrons. The first-order valence-corrected chi connectivity index (χ1v) is 10.9. The Morgan fingerprint density at radius 1 is 1.26 bits per heavy atom. The fourth-order valence-corrected chi connectivity index (χ4v) is 4.63. The van der Waals surface area contributed by atoms with E-state index < -0.39 is 5.60 Å². The molecule has 6 heteroatoms. The second-order valence-corrected chi connectivity index (χ2v) is 9.40. The molecule has 3 rings (SSSR count). The van der Waals surface area contributed by atoms with Crippen molar-refractivity contribution in [2.24, 2.45) is 5.92 Å². The van der Waals surface area contributed by atoms with Crippen molar-refractivity contribution in [3.63, 3.8) is 0 Å². The van der Waals surface area contributed by atoms with E-state index in [-0.39, 0.29) is 17.1 Å². The van der Waals surface area contributed by atoms with Gasteiger partial charge >= 0.3 is 6.09 Å². The van der Waals surface area contributed by atoms with Crippen molar-refractivity contribution >= 4 is 23.6 Å². The first-order valence-electron chi connectivity index (χ1n) is 9.66. The van der Waals surface area contributed by atoms with Crippen LogP contribution in [0.5, 0.6) is 0 Å². The van der Waals surface area contributed by atoms with Crippen LogP contribution in [0.4, 0.5) is 4.79 Å². The van der Waals surface area contributed by atoms with Gasteiger partial charge in [0.25, 0.3) is 0 Å². The van der Waals surface area contributed by atoms with Crippen molar-refractivity contribution in [2.45, 2.75) is 44.5 Å². The first kappa shape index (κ1) is 20.1. The lowest BCUT2D eigenvalue weighted by Gasteiger charge is -2.37. The zero-order valence-corrected chi connectivity index (χ0v) is 17.6. The van der Waals surface area contributed by atoms with Gasteiger partial charge < -0.3 is 14.5 Å². The lowest BCUT2D eigenvalue weighted by molar-refractivity contribution is -0.113. The van der Waals surface area contributed by atoms with Crippen LogP contribution in [0.3, 0.4) is 0 Å². The summed E-state index contributed by atoms with van der Waals surface area (Å²) < 4.78 is 5.45. The molecule has 2 aliphatic carbocycles. The number of hydrogen-bond acceptors (Lipinski definition) is 5. The number of carbonyl (C=O) groups is 2. The van der Waals surface area contributed by atoms with Crippen LogP contribution < -0.4 is 0 Å². The number of fused-ring (bicyclic) bond motifs is 1. The van der Waals surface area contributed by atoms with Crippen LogP contribution in [0.2, 0.25) is 0 Å². The average molecular weight is 391 g/mol. The fourth-order valence-electron chi connectivity index (χ4n) is 3.78. The summed E-state index contributed by atoms with van der Waals surface area (Å²) in [6, 6.07) is 0. The molecule has 0 N–H and O–H groups in total. The summed E-state index contributed by atoms with van der Waals surface area (Å²) >= 11 is 1.76. The van der Waals surface area contributed by atoms with Crippen LogP contribution in [0.1, 0.15) is 33.6 Å². The molecule has 2 atom stereocenters. The molecular weight excluding hydrogens is 360 g/mol. The number of Topliss-reactive ketones (excluding diaryl/α,β-unsaturated/α-hetero) is 1. The molecule has 2 fully saturated rings. The minimum Gasteiger partial charge on any atom is -0.444 e. The number of amides is 1. The number of nitrogens with zero attached hydrogens (tertiary/aromatic N) is 2.